The molecule has 0 unspecified atom stereocenters. The van der Waals surface area contributed by atoms with Gasteiger partial charge in [0.2, 0.25) is 0 Å². The molecule has 1 aromatic carbocycles. The maximum absolute atomic E-state index is 11.9. The van der Waals surface area contributed by atoms with E-state index in [1.165, 1.54) is 12.1 Å². The molecule has 8 nitrogen and oxygen atoms in total. The van der Waals surface area contributed by atoms with E-state index in [2.05, 4.69) is 0 Å². The summed E-state index contributed by atoms with van der Waals surface area (Å²) in [5.74, 6) is 0. The van der Waals surface area contributed by atoms with Crippen LogP contribution in [0.3, 0.4) is 0 Å². The molecule has 0 aliphatic carbocycles. The second-order valence-corrected chi connectivity index (χ2v) is 7.23. The number of benzene rings is 1. The van der Waals surface area contributed by atoms with Crippen molar-refractivity contribution in [3.63, 3.8) is 0 Å². The Morgan fingerprint density at radius 2 is 1.19 bits per heavy atom. The smallest absolute Gasteiger partial charge is 0.297 e. The van der Waals surface area contributed by atoms with Gasteiger partial charge in [-0.15, -0.1) is 0 Å². The van der Waals surface area contributed by atoms with Gasteiger partial charge in [0.25, 0.3) is 10.1 Å². The predicted molar refractivity (Wildman–Crippen MR) is 99.3 cm³/mol. The summed E-state index contributed by atoms with van der Waals surface area (Å²) in [6.45, 7) is 5.28. The molecule has 0 aromatic heterocycles. The first-order valence-corrected chi connectivity index (χ1v) is 10.3. The molecule has 0 saturated carbocycles. The fourth-order valence-electron chi connectivity index (χ4n) is 1.90. The molecule has 0 heterocycles. The van der Waals surface area contributed by atoms with Crippen LogP contribution in [-0.4, -0.2) is 79.6 Å². The molecule has 27 heavy (non-hydrogen) atoms. The number of aliphatic hydroxyl groups excluding tert-OH is 1. The lowest BCUT2D eigenvalue weighted by molar-refractivity contribution is -0.00536. The zero-order valence-corrected chi connectivity index (χ0v) is 16.6. The Balaban J connectivity index is 1.91. The molecule has 0 spiro atoms. The third-order valence-electron chi connectivity index (χ3n) is 3.34. The van der Waals surface area contributed by atoms with Crippen LogP contribution in [0.15, 0.2) is 29.2 Å². The molecule has 0 atom stereocenters. The third kappa shape index (κ3) is 12.1. The fraction of sp³-hybridized carbons (Fsp3) is 0.667. The summed E-state index contributed by atoms with van der Waals surface area (Å²) in [6.07, 6.45) is 0.631. The van der Waals surface area contributed by atoms with Crippen molar-refractivity contribution < 1.29 is 36.7 Å². The van der Waals surface area contributed by atoms with Crippen LogP contribution >= 0.6 is 0 Å². The van der Waals surface area contributed by atoms with Gasteiger partial charge in [-0.05, 0) is 25.5 Å². The summed E-state index contributed by atoms with van der Waals surface area (Å²) in [5, 5.41) is 8.58. The summed E-state index contributed by atoms with van der Waals surface area (Å²) in [7, 11) is -3.75. The Hall–Kier alpha value is -1.07. The van der Waals surface area contributed by atoms with Crippen LogP contribution in [0.4, 0.5) is 0 Å². The molecule has 0 fully saturated rings. The molecule has 0 amide bonds. The summed E-state index contributed by atoms with van der Waals surface area (Å²) in [5.41, 5.74) is 0.981. The van der Waals surface area contributed by atoms with E-state index in [-0.39, 0.29) is 24.7 Å². The van der Waals surface area contributed by atoms with Gasteiger partial charge in [-0.1, -0.05) is 17.7 Å². The highest BCUT2D eigenvalue weighted by atomic mass is 32.2. The SMILES string of the molecule is Cc1ccc(S(=O)(=O)OCCOCCOCCOCCOCCCO)cc1. The van der Waals surface area contributed by atoms with Crippen LogP contribution in [0.25, 0.3) is 0 Å². The molecule has 9 heteroatoms. The lowest BCUT2D eigenvalue weighted by Crippen LogP contribution is -2.15. The van der Waals surface area contributed by atoms with Crippen molar-refractivity contribution in [3.8, 4) is 0 Å². The average Bonchev–Trinajstić information content (AvgIpc) is 2.65. The first-order chi connectivity index (χ1) is 13.1. The van der Waals surface area contributed by atoms with E-state index in [1.54, 1.807) is 12.1 Å². The minimum absolute atomic E-state index is 0.0460. The summed E-state index contributed by atoms with van der Waals surface area (Å²) >= 11 is 0. The van der Waals surface area contributed by atoms with Gasteiger partial charge in [-0.3, -0.25) is 4.18 Å². The Morgan fingerprint density at radius 3 is 1.67 bits per heavy atom. The molecular weight excluding hydrogens is 376 g/mol. The number of hydrogen-bond donors (Lipinski definition) is 1. The zero-order chi connectivity index (χ0) is 19.8. The second-order valence-electron chi connectivity index (χ2n) is 5.62. The number of rotatable bonds is 17. The Morgan fingerprint density at radius 1 is 0.741 bits per heavy atom. The van der Waals surface area contributed by atoms with Gasteiger partial charge < -0.3 is 24.1 Å². The maximum atomic E-state index is 11.9. The van der Waals surface area contributed by atoms with Crippen molar-refractivity contribution in [2.75, 3.05) is 66.1 Å². The normalized spacial score (nSPS) is 11.8. The van der Waals surface area contributed by atoms with Gasteiger partial charge in [0.15, 0.2) is 0 Å². The van der Waals surface area contributed by atoms with E-state index in [0.717, 1.165) is 5.56 Å². The van der Waals surface area contributed by atoms with Gasteiger partial charge in [0, 0.05) is 13.2 Å². The molecular formula is C18H30O8S. The number of ether oxygens (including phenoxy) is 4. The van der Waals surface area contributed by atoms with E-state index in [0.29, 0.717) is 52.7 Å². The molecule has 0 aliphatic heterocycles. The number of aryl methyl sites for hydroxylation is 1. The zero-order valence-electron chi connectivity index (χ0n) is 15.8. The van der Waals surface area contributed by atoms with Crippen LogP contribution in [-0.2, 0) is 33.2 Å². The van der Waals surface area contributed by atoms with Gasteiger partial charge in [-0.2, -0.15) is 8.42 Å². The first kappa shape index (κ1) is 24.0. The molecule has 0 saturated heterocycles. The molecule has 0 aliphatic rings. The minimum atomic E-state index is -3.75. The lowest BCUT2D eigenvalue weighted by atomic mass is 10.2. The molecule has 1 aromatic rings. The van der Waals surface area contributed by atoms with Crippen LogP contribution < -0.4 is 0 Å². The largest absolute Gasteiger partial charge is 0.396 e. The lowest BCUT2D eigenvalue weighted by Gasteiger charge is -2.08. The van der Waals surface area contributed by atoms with Gasteiger partial charge in [-0.25, -0.2) is 0 Å². The van der Waals surface area contributed by atoms with Crippen molar-refractivity contribution in [3.05, 3.63) is 29.8 Å². The van der Waals surface area contributed by atoms with E-state index in [1.807, 2.05) is 6.92 Å². The summed E-state index contributed by atoms with van der Waals surface area (Å²) in [4.78, 5) is 0.134. The number of aliphatic hydroxyl groups is 1. The molecule has 1 rings (SSSR count). The average molecular weight is 406 g/mol. The topological polar surface area (TPSA) is 101 Å². The van der Waals surface area contributed by atoms with Crippen molar-refractivity contribution in [1.82, 2.24) is 0 Å². The van der Waals surface area contributed by atoms with E-state index in [4.69, 9.17) is 28.2 Å². The summed E-state index contributed by atoms with van der Waals surface area (Å²) < 4.78 is 49.9. The van der Waals surface area contributed by atoms with Crippen LogP contribution in [0, 0.1) is 6.92 Å². The quantitative estimate of drug-likeness (QED) is 0.304. The second kappa shape index (κ2) is 14.9. The highest BCUT2D eigenvalue weighted by Crippen LogP contribution is 2.12. The monoisotopic (exact) mass is 406 g/mol. The van der Waals surface area contributed by atoms with Crippen molar-refractivity contribution in [2.24, 2.45) is 0 Å². The van der Waals surface area contributed by atoms with Crippen molar-refractivity contribution in [1.29, 1.82) is 0 Å². The highest BCUT2D eigenvalue weighted by molar-refractivity contribution is 7.86. The van der Waals surface area contributed by atoms with Gasteiger partial charge in [0.05, 0.1) is 57.8 Å². The highest BCUT2D eigenvalue weighted by Gasteiger charge is 2.14. The van der Waals surface area contributed by atoms with E-state index < -0.39 is 10.1 Å². The number of hydrogen-bond acceptors (Lipinski definition) is 8. The molecule has 0 bridgehead atoms. The van der Waals surface area contributed by atoms with Crippen molar-refractivity contribution >= 4 is 10.1 Å². The Kier molecular flexibility index (Phi) is 13.2. The van der Waals surface area contributed by atoms with Gasteiger partial charge >= 0.3 is 0 Å². The maximum Gasteiger partial charge on any atom is 0.297 e. The van der Waals surface area contributed by atoms with Crippen LogP contribution in [0.2, 0.25) is 0 Å². The third-order valence-corrected chi connectivity index (χ3v) is 4.67. The Bertz CT molecular complexity index is 574. The molecule has 156 valence electrons. The standard InChI is InChI=1S/C18H30O8S/c1-17-3-5-18(6-4-17)27(20,21)26-16-15-25-14-13-24-12-11-23-10-9-22-8-2-7-19/h3-6,19H,2,7-16H2,1H3. The van der Waals surface area contributed by atoms with Crippen LogP contribution in [0.1, 0.15) is 12.0 Å². The fourth-order valence-corrected chi connectivity index (χ4v) is 2.80. The van der Waals surface area contributed by atoms with Crippen LogP contribution in [0.5, 0.6) is 0 Å². The van der Waals surface area contributed by atoms with E-state index in [9.17, 15) is 8.42 Å². The van der Waals surface area contributed by atoms with E-state index >= 15 is 0 Å². The minimum Gasteiger partial charge on any atom is -0.396 e. The Labute approximate surface area is 161 Å². The summed E-state index contributed by atoms with van der Waals surface area (Å²) in [6, 6.07) is 6.47. The first-order valence-electron chi connectivity index (χ1n) is 8.94. The van der Waals surface area contributed by atoms with Crippen molar-refractivity contribution in [2.45, 2.75) is 18.2 Å². The van der Waals surface area contributed by atoms with Gasteiger partial charge in [0.1, 0.15) is 0 Å². The molecule has 1 N–H and O–H groups in total. The molecule has 0 radical (unpaired) electrons. The predicted octanol–water partition coefficient (Wildman–Crippen LogP) is 1.15.